The van der Waals surface area contributed by atoms with Gasteiger partial charge in [-0.05, 0) is 28.2 Å². The summed E-state index contributed by atoms with van der Waals surface area (Å²) < 4.78 is 5.55. The fourth-order valence-electron chi connectivity index (χ4n) is 4.10. The summed E-state index contributed by atoms with van der Waals surface area (Å²) in [5, 5.41) is 11.8. The first-order chi connectivity index (χ1) is 15.2. The summed E-state index contributed by atoms with van der Waals surface area (Å²) in [7, 11) is 1.54. The van der Waals surface area contributed by atoms with E-state index in [4.69, 9.17) is 9.84 Å². The number of hydrogen-bond acceptors (Lipinski definition) is 4. The highest BCUT2D eigenvalue weighted by atomic mass is 16.5. The topological polar surface area (TPSA) is 95.9 Å². The van der Waals surface area contributed by atoms with Crippen molar-refractivity contribution in [2.75, 3.05) is 20.2 Å². The number of carboxylic acid groups (broad SMARTS) is 1. The van der Waals surface area contributed by atoms with E-state index in [0.717, 1.165) is 22.3 Å². The number of carbonyl (C=O) groups excluding carboxylic acids is 2. The number of rotatable bonds is 8. The van der Waals surface area contributed by atoms with E-state index in [9.17, 15) is 14.4 Å². The molecule has 32 heavy (non-hydrogen) atoms. The van der Waals surface area contributed by atoms with Crippen molar-refractivity contribution in [1.82, 2.24) is 10.2 Å². The van der Waals surface area contributed by atoms with E-state index in [2.05, 4.69) is 17.4 Å². The van der Waals surface area contributed by atoms with Gasteiger partial charge in [-0.2, -0.15) is 0 Å². The van der Waals surface area contributed by atoms with E-state index in [1.807, 2.05) is 50.2 Å². The van der Waals surface area contributed by atoms with Gasteiger partial charge in [0.05, 0.1) is 5.92 Å². The first-order valence-corrected chi connectivity index (χ1v) is 10.8. The smallest absolute Gasteiger partial charge is 0.407 e. The van der Waals surface area contributed by atoms with Crippen LogP contribution in [0.1, 0.15) is 37.8 Å². The number of carbonyl (C=O) groups is 3. The van der Waals surface area contributed by atoms with Crippen LogP contribution in [0.3, 0.4) is 0 Å². The summed E-state index contributed by atoms with van der Waals surface area (Å²) in [6.45, 7) is 5.39. The monoisotopic (exact) mass is 438 g/mol. The number of carboxylic acids is 1. The number of nitrogens with one attached hydrogen (secondary N) is 1. The van der Waals surface area contributed by atoms with E-state index in [1.165, 1.54) is 18.9 Å². The Morgan fingerprint density at radius 3 is 2.03 bits per heavy atom. The molecule has 0 aliphatic heterocycles. The minimum Gasteiger partial charge on any atom is -0.481 e. The van der Waals surface area contributed by atoms with Crippen LogP contribution in [-0.4, -0.2) is 54.2 Å². The maximum absolute atomic E-state index is 12.8. The van der Waals surface area contributed by atoms with Crippen molar-refractivity contribution in [3.8, 4) is 11.1 Å². The lowest BCUT2D eigenvalue weighted by molar-refractivity contribution is -0.143. The highest BCUT2D eigenvalue weighted by Gasteiger charge is 2.31. The van der Waals surface area contributed by atoms with Crippen LogP contribution in [0.15, 0.2) is 48.5 Å². The maximum atomic E-state index is 12.8. The lowest BCUT2D eigenvalue weighted by atomic mass is 9.98. The van der Waals surface area contributed by atoms with Crippen molar-refractivity contribution in [3.63, 3.8) is 0 Å². The summed E-state index contributed by atoms with van der Waals surface area (Å²) in [4.78, 5) is 37.9. The van der Waals surface area contributed by atoms with Crippen molar-refractivity contribution in [3.05, 3.63) is 59.7 Å². The molecule has 0 spiro atoms. The van der Waals surface area contributed by atoms with Gasteiger partial charge in [0.2, 0.25) is 5.91 Å². The summed E-state index contributed by atoms with van der Waals surface area (Å²) >= 11 is 0. The summed E-state index contributed by atoms with van der Waals surface area (Å²) in [5.74, 6) is -2.28. The Bertz CT molecular complexity index is 958. The molecule has 1 aliphatic carbocycles. The van der Waals surface area contributed by atoms with Crippen LogP contribution in [-0.2, 0) is 14.3 Å². The highest BCUT2D eigenvalue weighted by Crippen LogP contribution is 2.44. The number of likely N-dealkylation sites (N-methyl/N-ethyl adjacent to an activating group) is 1. The van der Waals surface area contributed by atoms with Crippen molar-refractivity contribution < 1.29 is 24.2 Å². The van der Waals surface area contributed by atoms with Gasteiger partial charge in [0.15, 0.2) is 0 Å². The Hall–Kier alpha value is -3.35. The summed E-state index contributed by atoms with van der Waals surface area (Å²) in [6, 6.07) is 15.3. The normalized spacial score (nSPS) is 14.3. The fourth-order valence-corrected chi connectivity index (χ4v) is 4.10. The third-order valence-electron chi connectivity index (χ3n) is 5.90. The van der Waals surface area contributed by atoms with Gasteiger partial charge in [-0.1, -0.05) is 69.3 Å². The van der Waals surface area contributed by atoms with Crippen molar-refractivity contribution in [2.24, 2.45) is 11.8 Å². The third kappa shape index (κ3) is 4.93. The number of nitrogens with zero attached hydrogens (tertiary/aromatic N) is 1. The summed E-state index contributed by atoms with van der Waals surface area (Å²) in [5.41, 5.74) is 4.50. The molecule has 7 nitrogen and oxygen atoms in total. The molecule has 2 atom stereocenters. The highest BCUT2D eigenvalue weighted by molar-refractivity contribution is 5.86. The van der Waals surface area contributed by atoms with Gasteiger partial charge in [0.25, 0.3) is 0 Å². The molecule has 3 rings (SSSR count). The number of benzene rings is 2. The number of fused-ring (bicyclic) bond motifs is 3. The lowest BCUT2D eigenvalue weighted by Gasteiger charge is -2.28. The second kappa shape index (κ2) is 9.85. The zero-order valence-electron chi connectivity index (χ0n) is 18.9. The first-order valence-electron chi connectivity index (χ1n) is 10.8. The van der Waals surface area contributed by atoms with Crippen molar-refractivity contribution >= 4 is 18.0 Å². The predicted octanol–water partition coefficient (Wildman–Crippen LogP) is 3.73. The molecule has 1 unspecified atom stereocenters. The van der Waals surface area contributed by atoms with Crippen LogP contribution >= 0.6 is 0 Å². The van der Waals surface area contributed by atoms with Crippen molar-refractivity contribution in [2.45, 2.75) is 32.7 Å². The average Bonchev–Trinajstić information content (AvgIpc) is 3.09. The average molecular weight is 439 g/mol. The fraction of sp³-hybridized carbons (Fsp3) is 0.400. The molecular formula is C25H30N2O5. The molecule has 2 amide bonds. The Kier molecular flexibility index (Phi) is 7.18. The van der Waals surface area contributed by atoms with Gasteiger partial charge in [-0.25, -0.2) is 4.79 Å². The largest absolute Gasteiger partial charge is 0.481 e. The van der Waals surface area contributed by atoms with Crippen LogP contribution in [0, 0.1) is 11.8 Å². The first kappa shape index (κ1) is 23.3. The second-order valence-electron chi connectivity index (χ2n) is 8.65. The molecule has 7 heteroatoms. The zero-order valence-corrected chi connectivity index (χ0v) is 18.9. The van der Waals surface area contributed by atoms with E-state index in [-0.39, 0.29) is 30.9 Å². The third-order valence-corrected chi connectivity index (χ3v) is 5.90. The molecule has 1 aliphatic rings. The zero-order chi connectivity index (χ0) is 23.4. The Labute approximate surface area is 188 Å². The maximum Gasteiger partial charge on any atom is 0.407 e. The SMILES string of the molecule is CC(CN(C)C(=O)[C@@H](NC(=O)OCC1c2ccccc2-c2ccccc21)C(C)C)C(=O)O. The standard InChI is InChI=1S/C25H30N2O5/c1-15(2)22(23(28)27(4)13-16(3)24(29)30)26-25(31)32-14-21-19-11-7-5-9-17(19)18-10-6-8-12-20(18)21/h5-12,15-16,21-22H,13-14H2,1-4H3,(H,26,31)(H,29,30)/t16?,22-/m0/s1. The summed E-state index contributed by atoms with van der Waals surface area (Å²) in [6.07, 6.45) is -0.668. The Balaban J connectivity index is 1.65. The number of amides is 2. The van der Waals surface area contributed by atoms with E-state index >= 15 is 0 Å². The number of hydrogen-bond donors (Lipinski definition) is 2. The van der Waals surface area contributed by atoms with Gasteiger partial charge in [-0.3, -0.25) is 9.59 Å². The quantitative estimate of drug-likeness (QED) is 0.655. The number of aliphatic carboxylic acids is 1. The van der Waals surface area contributed by atoms with Crippen LogP contribution < -0.4 is 5.32 Å². The van der Waals surface area contributed by atoms with E-state index < -0.39 is 24.0 Å². The molecule has 0 saturated heterocycles. The van der Waals surface area contributed by atoms with Crippen molar-refractivity contribution in [1.29, 1.82) is 0 Å². The molecule has 0 radical (unpaired) electrons. The van der Waals surface area contributed by atoms with Crippen LogP contribution in [0.4, 0.5) is 4.79 Å². The molecular weight excluding hydrogens is 408 g/mol. The van der Waals surface area contributed by atoms with Gasteiger partial charge in [-0.15, -0.1) is 0 Å². The molecule has 0 heterocycles. The molecule has 170 valence electrons. The Morgan fingerprint density at radius 1 is 1.00 bits per heavy atom. The molecule has 2 aromatic rings. The molecule has 0 fully saturated rings. The Morgan fingerprint density at radius 2 is 1.53 bits per heavy atom. The molecule has 2 aromatic carbocycles. The van der Waals surface area contributed by atoms with Gasteiger partial charge in [0, 0.05) is 19.5 Å². The molecule has 0 saturated carbocycles. The predicted molar refractivity (Wildman–Crippen MR) is 121 cm³/mol. The second-order valence-corrected chi connectivity index (χ2v) is 8.65. The van der Waals surface area contributed by atoms with Crippen LogP contribution in [0.25, 0.3) is 11.1 Å². The van der Waals surface area contributed by atoms with E-state index in [1.54, 1.807) is 0 Å². The minimum atomic E-state index is -0.977. The molecule has 2 N–H and O–H groups in total. The van der Waals surface area contributed by atoms with Gasteiger partial charge < -0.3 is 20.1 Å². The van der Waals surface area contributed by atoms with E-state index in [0.29, 0.717) is 0 Å². The number of alkyl carbamates (subject to hydrolysis) is 1. The minimum absolute atomic E-state index is 0.0593. The molecule has 0 bridgehead atoms. The molecule has 0 aromatic heterocycles. The van der Waals surface area contributed by atoms with Gasteiger partial charge in [0.1, 0.15) is 12.6 Å². The lowest BCUT2D eigenvalue weighted by Crippen LogP contribution is -2.51. The number of ether oxygens (including phenoxy) is 1. The van der Waals surface area contributed by atoms with Crippen LogP contribution in [0.2, 0.25) is 0 Å². The van der Waals surface area contributed by atoms with Gasteiger partial charge >= 0.3 is 12.1 Å². The van der Waals surface area contributed by atoms with Crippen LogP contribution in [0.5, 0.6) is 0 Å².